The van der Waals surface area contributed by atoms with Crippen LogP contribution in [-0.2, 0) is 28.0 Å². The number of carbonyl (C=O) groups is 2. The van der Waals surface area contributed by atoms with Gasteiger partial charge in [-0.1, -0.05) is 0 Å². The zero-order valence-corrected chi connectivity index (χ0v) is 21.2. The molecule has 1 N–H and O–H groups in total. The largest absolute Gasteiger partial charge is 0.493 e. The Bertz CT molecular complexity index is 1370. The summed E-state index contributed by atoms with van der Waals surface area (Å²) in [4.78, 5) is 42.5. The zero-order valence-electron chi connectivity index (χ0n) is 21.2. The number of hydrogen-bond donors (Lipinski definition) is 1. The first-order chi connectivity index (χ1) is 17.7. The Hall–Kier alpha value is -3.58. The molecule has 0 radical (unpaired) electrons. The Morgan fingerprint density at radius 2 is 1.92 bits per heavy atom. The van der Waals surface area contributed by atoms with Crippen molar-refractivity contribution >= 4 is 23.3 Å². The normalized spacial score (nSPS) is 24.3. The Labute approximate surface area is 215 Å². The van der Waals surface area contributed by atoms with E-state index in [1.165, 1.54) is 22.8 Å². The molecule has 1 aromatic heterocycles. The summed E-state index contributed by atoms with van der Waals surface area (Å²) in [5, 5.41) is 4.98. The molecule has 3 fully saturated rings. The first-order valence-electron chi connectivity index (χ1n) is 12.0. The number of rotatable bonds is 6. The van der Waals surface area contributed by atoms with Crippen LogP contribution in [-0.4, -0.2) is 51.5 Å². The van der Waals surface area contributed by atoms with Crippen LogP contribution in [0.4, 0.5) is 24.5 Å². The van der Waals surface area contributed by atoms with Gasteiger partial charge in [0.2, 0.25) is 0 Å². The molecule has 38 heavy (non-hydrogen) atoms. The smallest absolute Gasteiger partial charge is 0.490 e. The average Bonchev–Trinajstić information content (AvgIpc) is 3.44. The predicted octanol–water partition coefficient (Wildman–Crippen LogP) is 3.30. The maximum absolute atomic E-state index is 13.3. The number of benzene rings is 1. The summed E-state index contributed by atoms with van der Waals surface area (Å²) < 4.78 is 52.5. The van der Waals surface area contributed by atoms with Gasteiger partial charge in [-0.3, -0.25) is 9.59 Å². The van der Waals surface area contributed by atoms with Gasteiger partial charge in [0.15, 0.2) is 0 Å². The quantitative estimate of drug-likeness (QED) is 0.600. The van der Waals surface area contributed by atoms with Gasteiger partial charge in [0.1, 0.15) is 17.1 Å². The van der Waals surface area contributed by atoms with Crippen molar-refractivity contribution in [1.82, 2.24) is 9.58 Å². The molecule has 0 unspecified atom stereocenters. The van der Waals surface area contributed by atoms with E-state index in [0.29, 0.717) is 18.4 Å². The maximum atomic E-state index is 13.3. The van der Waals surface area contributed by atoms with Gasteiger partial charge in [-0.05, 0) is 57.4 Å². The van der Waals surface area contributed by atoms with Crippen molar-refractivity contribution in [3.63, 3.8) is 0 Å². The second-order valence-electron chi connectivity index (χ2n) is 10.5. The number of pyridine rings is 1. The van der Waals surface area contributed by atoms with E-state index in [4.69, 9.17) is 14.3 Å². The standard InChI is InChI=1S/C25H27F3N4O6/c1-14(2)37-19-9-18-15(8-16(19)20(33)29-17-6-5-7-30(4)21(17)34)10-31(24-11-23(3,12-24)36-13-24)32(18)38-22(35)25(26,27)28/h5-9,14H,10-13H2,1-4H3,(H,29,33). The second kappa shape index (κ2) is 8.73. The Morgan fingerprint density at radius 3 is 2.53 bits per heavy atom. The van der Waals surface area contributed by atoms with Gasteiger partial charge in [0, 0.05) is 25.9 Å². The molecule has 1 aromatic carbocycles. The van der Waals surface area contributed by atoms with Crippen molar-refractivity contribution < 1.29 is 37.1 Å². The van der Waals surface area contributed by atoms with Crippen LogP contribution in [0.5, 0.6) is 5.75 Å². The molecular weight excluding hydrogens is 509 g/mol. The van der Waals surface area contributed by atoms with E-state index in [1.807, 2.05) is 6.92 Å². The summed E-state index contributed by atoms with van der Waals surface area (Å²) in [7, 11) is 1.55. The molecule has 1 aliphatic carbocycles. The molecule has 6 rings (SSSR count). The number of halogens is 3. The summed E-state index contributed by atoms with van der Waals surface area (Å²) in [6.45, 7) is 5.67. The van der Waals surface area contributed by atoms with Gasteiger partial charge in [0.05, 0.1) is 29.4 Å². The highest BCUT2D eigenvalue weighted by atomic mass is 19.4. The van der Waals surface area contributed by atoms with Crippen molar-refractivity contribution in [2.45, 2.75) is 63.6 Å². The molecule has 2 saturated heterocycles. The van der Waals surface area contributed by atoms with Crippen molar-refractivity contribution in [3.8, 4) is 5.75 Å². The van der Waals surface area contributed by atoms with E-state index < -0.39 is 40.9 Å². The molecular formula is C25H27F3N4O6. The van der Waals surface area contributed by atoms with Gasteiger partial charge in [-0.25, -0.2) is 4.79 Å². The molecule has 204 valence electrons. The zero-order chi connectivity index (χ0) is 27.6. The fraction of sp³-hybridized carbons (Fsp3) is 0.480. The summed E-state index contributed by atoms with van der Waals surface area (Å²) in [5.41, 5.74) is -0.777. The number of fused-ring (bicyclic) bond motifs is 2. The highest BCUT2D eigenvalue weighted by Crippen LogP contribution is 2.57. The lowest BCUT2D eigenvalue weighted by molar-refractivity contribution is -0.210. The molecule has 2 bridgehead atoms. The number of nitrogens with one attached hydrogen (secondary N) is 1. The molecule has 0 atom stereocenters. The third-order valence-electron chi connectivity index (χ3n) is 6.95. The van der Waals surface area contributed by atoms with E-state index in [9.17, 15) is 27.6 Å². The van der Waals surface area contributed by atoms with Crippen molar-refractivity contribution in [2.75, 3.05) is 17.1 Å². The Morgan fingerprint density at radius 1 is 1.21 bits per heavy atom. The molecule has 10 nitrogen and oxygen atoms in total. The van der Waals surface area contributed by atoms with Gasteiger partial charge in [-0.2, -0.15) is 18.2 Å². The third kappa shape index (κ3) is 4.39. The maximum Gasteiger partial charge on any atom is 0.493 e. The predicted molar refractivity (Wildman–Crippen MR) is 128 cm³/mol. The summed E-state index contributed by atoms with van der Waals surface area (Å²) >= 11 is 0. The van der Waals surface area contributed by atoms with Crippen molar-refractivity contribution in [3.05, 3.63) is 51.9 Å². The van der Waals surface area contributed by atoms with E-state index >= 15 is 0 Å². The lowest BCUT2D eigenvalue weighted by Crippen LogP contribution is -2.62. The molecule has 4 aliphatic rings. The monoisotopic (exact) mass is 536 g/mol. The van der Waals surface area contributed by atoms with Gasteiger partial charge >= 0.3 is 12.1 Å². The lowest BCUT2D eigenvalue weighted by atomic mass is 9.69. The number of aryl methyl sites for hydroxylation is 1. The van der Waals surface area contributed by atoms with E-state index in [-0.39, 0.29) is 35.8 Å². The highest BCUT2D eigenvalue weighted by molar-refractivity contribution is 6.06. The number of anilines is 2. The SMILES string of the molecule is CC(C)Oc1cc2c(cc1C(=O)Nc1cccn(C)c1=O)CN(C13COC(C)(C1)C3)N2OC(=O)C(F)(F)F. The second-order valence-corrected chi connectivity index (χ2v) is 10.5. The topological polar surface area (TPSA) is 102 Å². The molecule has 3 aliphatic heterocycles. The molecule has 1 saturated carbocycles. The number of hydrogen-bond acceptors (Lipinski definition) is 8. The highest BCUT2D eigenvalue weighted by Gasteiger charge is 2.65. The number of amides is 1. The van der Waals surface area contributed by atoms with E-state index in [0.717, 1.165) is 5.17 Å². The number of hydrazine groups is 1. The molecule has 13 heteroatoms. The van der Waals surface area contributed by atoms with E-state index in [2.05, 4.69) is 5.32 Å². The summed E-state index contributed by atoms with van der Waals surface area (Å²) in [5.74, 6) is -2.96. The first kappa shape index (κ1) is 26.0. The van der Waals surface area contributed by atoms with Gasteiger partial charge in [-0.15, -0.1) is 5.17 Å². The minimum atomic E-state index is -5.22. The number of ether oxygens (including phenoxy) is 2. The average molecular weight is 537 g/mol. The van der Waals surface area contributed by atoms with Crippen LogP contribution in [0.1, 0.15) is 49.5 Å². The van der Waals surface area contributed by atoms with Crippen LogP contribution >= 0.6 is 0 Å². The van der Waals surface area contributed by atoms with E-state index in [1.54, 1.807) is 38.2 Å². The minimum Gasteiger partial charge on any atom is -0.490 e. The van der Waals surface area contributed by atoms with Gasteiger partial charge < -0.3 is 24.2 Å². The van der Waals surface area contributed by atoms with Crippen LogP contribution in [0.15, 0.2) is 35.3 Å². The van der Waals surface area contributed by atoms with Crippen LogP contribution in [0, 0.1) is 0 Å². The number of carbonyl (C=O) groups excluding carboxylic acids is 2. The van der Waals surface area contributed by atoms with Crippen LogP contribution in [0.25, 0.3) is 0 Å². The minimum absolute atomic E-state index is 0.0501. The first-order valence-corrected chi connectivity index (χ1v) is 12.0. The number of nitrogens with zero attached hydrogens (tertiary/aromatic N) is 3. The summed E-state index contributed by atoms with van der Waals surface area (Å²) in [6.07, 6.45) is -3.00. The van der Waals surface area contributed by atoms with Crippen LogP contribution in [0.2, 0.25) is 0 Å². The summed E-state index contributed by atoms with van der Waals surface area (Å²) in [6, 6.07) is 5.92. The fourth-order valence-electron chi connectivity index (χ4n) is 5.38. The third-order valence-corrected chi connectivity index (χ3v) is 6.95. The molecule has 1 amide bonds. The van der Waals surface area contributed by atoms with Crippen LogP contribution < -0.4 is 20.8 Å². The molecule has 2 aromatic rings. The number of aromatic nitrogens is 1. The van der Waals surface area contributed by atoms with Crippen molar-refractivity contribution in [2.24, 2.45) is 7.05 Å². The molecule has 0 spiro atoms. The fourth-order valence-corrected chi connectivity index (χ4v) is 5.38. The Balaban J connectivity index is 1.54. The van der Waals surface area contributed by atoms with Crippen molar-refractivity contribution in [1.29, 1.82) is 0 Å². The van der Waals surface area contributed by atoms with Gasteiger partial charge in [0.25, 0.3) is 11.5 Å². The van der Waals surface area contributed by atoms with Crippen LogP contribution in [0.3, 0.4) is 0 Å². The lowest BCUT2D eigenvalue weighted by Gasteiger charge is -2.49. The Kier molecular flexibility index (Phi) is 5.99. The number of alkyl halides is 3. The molecule has 4 heterocycles.